The van der Waals surface area contributed by atoms with Gasteiger partial charge in [0.05, 0.1) is 24.4 Å². The van der Waals surface area contributed by atoms with E-state index < -0.39 is 29.5 Å². The van der Waals surface area contributed by atoms with Gasteiger partial charge < -0.3 is 14.2 Å². The summed E-state index contributed by atoms with van der Waals surface area (Å²) in [4.78, 5) is 37.5. The van der Waals surface area contributed by atoms with Crippen LogP contribution in [0, 0.1) is 11.6 Å². The number of rotatable bonds is 9. The van der Waals surface area contributed by atoms with Gasteiger partial charge in [0.15, 0.2) is 0 Å². The summed E-state index contributed by atoms with van der Waals surface area (Å²) in [5.41, 5.74) is -0.0701. The number of carbonyl (C=O) groups excluding carboxylic acids is 3. The lowest BCUT2D eigenvalue weighted by Gasteiger charge is -2.16. The molecule has 0 aliphatic rings. The van der Waals surface area contributed by atoms with Crippen molar-refractivity contribution in [3.05, 3.63) is 89.0 Å². The van der Waals surface area contributed by atoms with Gasteiger partial charge in [0.1, 0.15) is 17.4 Å². The van der Waals surface area contributed by atoms with E-state index >= 15 is 0 Å². The van der Waals surface area contributed by atoms with Crippen LogP contribution in [-0.2, 0) is 23.8 Å². The van der Waals surface area contributed by atoms with Gasteiger partial charge in [-0.05, 0) is 62.4 Å². The molecule has 8 heteroatoms. The SMILES string of the molecule is C=C(C/C(C(=O)OCC)=C(/OC(=O)c1ccc(F)cc1)c1ccc(F)cc1)C(=O)OCC. The molecule has 2 rings (SSSR count). The second-order valence-electron chi connectivity index (χ2n) is 6.43. The first kappa shape index (κ1) is 24.5. The van der Waals surface area contributed by atoms with Gasteiger partial charge in [0, 0.05) is 17.6 Å². The molecule has 0 fully saturated rings. The van der Waals surface area contributed by atoms with Gasteiger partial charge >= 0.3 is 17.9 Å². The molecule has 0 radical (unpaired) electrons. The van der Waals surface area contributed by atoms with E-state index in [9.17, 15) is 23.2 Å². The van der Waals surface area contributed by atoms with Crippen molar-refractivity contribution in [2.24, 2.45) is 0 Å². The van der Waals surface area contributed by atoms with E-state index in [1.54, 1.807) is 13.8 Å². The van der Waals surface area contributed by atoms with Crippen LogP contribution in [0.25, 0.3) is 5.76 Å². The normalized spacial score (nSPS) is 11.2. The van der Waals surface area contributed by atoms with Crippen LogP contribution in [0.5, 0.6) is 0 Å². The van der Waals surface area contributed by atoms with Crippen LogP contribution in [0.4, 0.5) is 8.78 Å². The van der Waals surface area contributed by atoms with Crippen LogP contribution in [0.15, 0.2) is 66.3 Å². The Labute approximate surface area is 184 Å². The molecule has 168 valence electrons. The van der Waals surface area contributed by atoms with E-state index in [1.165, 1.54) is 24.3 Å². The third-order valence-electron chi connectivity index (χ3n) is 4.13. The molecule has 0 aliphatic heterocycles. The fraction of sp³-hybridized carbons (Fsp3) is 0.208. The molecule has 0 unspecified atom stereocenters. The molecule has 2 aromatic carbocycles. The molecule has 0 saturated carbocycles. The van der Waals surface area contributed by atoms with Crippen molar-refractivity contribution in [3.8, 4) is 0 Å². The third-order valence-corrected chi connectivity index (χ3v) is 4.13. The highest BCUT2D eigenvalue weighted by molar-refractivity contribution is 6.02. The minimum Gasteiger partial charge on any atom is -0.463 e. The topological polar surface area (TPSA) is 78.9 Å². The highest BCUT2D eigenvalue weighted by Crippen LogP contribution is 2.28. The van der Waals surface area contributed by atoms with Gasteiger partial charge in [-0.2, -0.15) is 0 Å². The number of ether oxygens (including phenoxy) is 3. The second kappa shape index (κ2) is 11.5. The third kappa shape index (κ3) is 6.60. The average molecular weight is 444 g/mol. The lowest BCUT2D eigenvalue weighted by atomic mass is 10.0. The van der Waals surface area contributed by atoms with Crippen LogP contribution < -0.4 is 0 Å². The molecule has 32 heavy (non-hydrogen) atoms. The Hall–Kier alpha value is -3.81. The van der Waals surface area contributed by atoms with Gasteiger partial charge in [-0.15, -0.1) is 0 Å². The zero-order chi connectivity index (χ0) is 23.7. The largest absolute Gasteiger partial charge is 0.463 e. The minimum absolute atomic E-state index is 0.0107. The number of esters is 3. The lowest BCUT2D eigenvalue weighted by molar-refractivity contribution is -0.139. The maximum atomic E-state index is 13.5. The summed E-state index contributed by atoms with van der Waals surface area (Å²) in [6.07, 6.45) is -0.346. The molecule has 0 saturated heterocycles. The van der Waals surface area contributed by atoms with Crippen LogP contribution in [-0.4, -0.2) is 31.1 Å². The molecule has 0 aromatic heterocycles. The zero-order valence-electron chi connectivity index (χ0n) is 17.7. The predicted molar refractivity (Wildman–Crippen MR) is 112 cm³/mol. The Balaban J connectivity index is 2.57. The summed E-state index contributed by atoms with van der Waals surface area (Å²) in [5.74, 6) is -3.83. The molecular formula is C24H22F2O6. The standard InChI is InChI=1S/C24H22F2O6/c1-4-30-22(27)15(3)14-20(24(29)31-5-2)21(16-6-10-18(25)11-7-16)32-23(28)17-8-12-19(26)13-9-17/h6-13H,3-5,14H2,1-2H3/b21-20-. The highest BCUT2D eigenvalue weighted by atomic mass is 19.1. The number of benzene rings is 2. The van der Waals surface area contributed by atoms with Crippen molar-refractivity contribution >= 4 is 23.7 Å². The first-order valence-corrected chi connectivity index (χ1v) is 9.75. The molecule has 0 atom stereocenters. The Kier molecular flexibility index (Phi) is 8.83. The number of hydrogen-bond donors (Lipinski definition) is 0. The van der Waals surface area contributed by atoms with Gasteiger partial charge in [-0.1, -0.05) is 6.58 Å². The van der Waals surface area contributed by atoms with E-state index in [0.29, 0.717) is 0 Å². The first-order chi connectivity index (χ1) is 15.3. The Bertz CT molecular complexity index is 1020. The summed E-state index contributed by atoms with van der Waals surface area (Å²) >= 11 is 0. The summed E-state index contributed by atoms with van der Waals surface area (Å²) < 4.78 is 42.1. The molecule has 0 spiro atoms. The summed E-state index contributed by atoms with van der Waals surface area (Å²) in [5, 5.41) is 0. The van der Waals surface area contributed by atoms with E-state index in [1.807, 2.05) is 0 Å². The van der Waals surface area contributed by atoms with Crippen molar-refractivity contribution in [3.63, 3.8) is 0 Å². The van der Waals surface area contributed by atoms with Gasteiger partial charge in [0.2, 0.25) is 0 Å². The van der Waals surface area contributed by atoms with Crippen molar-refractivity contribution < 1.29 is 37.4 Å². The van der Waals surface area contributed by atoms with E-state index in [-0.39, 0.29) is 47.7 Å². The smallest absolute Gasteiger partial charge is 0.343 e. The first-order valence-electron chi connectivity index (χ1n) is 9.75. The number of hydrogen-bond acceptors (Lipinski definition) is 6. The minimum atomic E-state index is -0.895. The van der Waals surface area contributed by atoms with Crippen molar-refractivity contribution in [1.29, 1.82) is 0 Å². The molecule has 6 nitrogen and oxygen atoms in total. The number of carbonyl (C=O) groups is 3. The van der Waals surface area contributed by atoms with E-state index in [0.717, 1.165) is 24.3 Å². The molecule has 0 N–H and O–H groups in total. The van der Waals surface area contributed by atoms with Crippen LogP contribution in [0.2, 0.25) is 0 Å². The summed E-state index contributed by atoms with van der Waals surface area (Å²) in [6.45, 7) is 6.94. The van der Waals surface area contributed by atoms with Gasteiger partial charge in [-0.3, -0.25) is 0 Å². The fourth-order valence-electron chi connectivity index (χ4n) is 2.62. The Morgan fingerprint density at radius 2 is 1.25 bits per heavy atom. The van der Waals surface area contributed by atoms with Gasteiger partial charge in [0.25, 0.3) is 0 Å². The maximum Gasteiger partial charge on any atom is 0.343 e. The van der Waals surface area contributed by atoms with Crippen molar-refractivity contribution in [2.45, 2.75) is 20.3 Å². The maximum absolute atomic E-state index is 13.5. The Morgan fingerprint density at radius 1 is 0.781 bits per heavy atom. The zero-order valence-corrected chi connectivity index (χ0v) is 17.7. The quantitative estimate of drug-likeness (QED) is 0.243. The molecule has 0 bridgehead atoms. The fourth-order valence-corrected chi connectivity index (χ4v) is 2.62. The predicted octanol–water partition coefficient (Wildman–Crippen LogP) is 4.61. The van der Waals surface area contributed by atoms with Gasteiger partial charge in [-0.25, -0.2) is 23.2 Å². The molecule has 0 aliphatic carbocycles. The van der Waals surface area contributed by atoms with Crippen molar-refractivity contribution in [2.75, 3.05) is 13.2 Å². The summed E-state index contributed by atoms with van der Waals surface area (Å²) in [7, 11) is 0. The lowest BCUT2D eigenvalue weighted by Crippen LogP contribution is -2.17. The van der Waals surface area contributed by atoms with E-state index in [4.69, 9.17) is 14.2 Å². The molecule has 0 heterocycles. The Morgan fingerprint density at radius 3 is 1.75 bits per heavy atom. The highest BCUT2D eigenvalue weighted by Gasteiger charge is 2.25. The average Bonchev–Trinajstić information content (AvgIpc) is 2.77. The van der Waals surface area contributed by atoms with Crippen LogP contribution >= 0.6 is 0 Å². The molecular weight excluding hydrogens is 422 g/mol. The molecule has 0 amide bonds. The number of halogens is 2. The molecule has 2 aromatic rings. The van der Waals surface area contributed by atoms with Crippen molar-refractivity contribution in [1.82, 2.24) is 0 Å². The van der Waals surface area contributed by atoms with Crippen LogP contribution in [0.3, 0.4) is 0 Å². The van der Waals surface area contributed by atoms with Crippen LogP contribution in [0.1, 0.15) is 36.2 Å². The summed E-state index contributed by atoms with van der Waals surface area (Å²) in [6, 6.07) is 9.40. The monoisotopic (exact) mass is 444 g/mol. The second-order valence-corrected chi connectivity index (χ2v) is 6.43. The van der Waals surface area contributed by atoms with E-state index in [2.05, 4.69) is 6.58 Å².